The van der Waals surface area contributed by atoms with E-state index in [9.17, 15) is 13.2 Å². The summed E-state index contributed by atoms with van der Waals surface area (Å²) in [5.41, 5.74) is -3.05. The van der Waals surface area contributed by atoms with Gasteiger partial charge in [0, 0.05) is 17.5 Å². The van der Waals surface area contributed by atoms with Crippen LogP contribution in [0.5, 0.6) is 0 Å². The highest BCUT2D eigenvalue weighted by Gasteiger charge is 2.36. The number of aromatic nitrogens is 1. The number of alkyl halides is 3. The number of fused-ring (bicyclic) bond motifs is 1. The van der Waals surface area contributed by atoms with Crippen LogP contribution in [0.3, 0.4) is 0 Å². The van der Waals surface area contributed by atoms with Gasteiger partial charge in [-0.05, 0) is 24.6 Å². The molecule has 1 aromatic carbocycles. The molecule has 0 fully saturated rings. The fourth-order valence-electron chi connectivity index (χ4n) is 1.46. The molecule has 2 rings (SSSR count). The lowest BCUT2D eigenvalue weighted by Gasteiger charge is -2.08. The Kier molecular flexibility index (Phi) is 4.72. The smallest absolute Gasteiger partial charge is 0.485 e. The number of rotatable bonds is 0. The molecule has 2 aromatic rings. The fourth-order valence-corrected chi connectivity index (χ4v) is 1.46. The van der Waals surface area contributed by atoms with Crippen LogP contribution in [-0.4, -0.2) is 18.5 Å². The second-order valence-corrected chi connectivity index (χ2v) is 5.45. The van der Waals surface area contributed by atoms with Crippen molar-refractivity contribution >= 4 is 21.0 Å². The molecule has 0 unspecified atom stereocenters. The predicted octanol–water partition coefficient (Wildman–Crippen LogP) is 2.02. The molecule has 0 bridgehead atoms. The first-order chi connectivity index (χ1) is 9.02. The van der Waals surface area contributed by atoms with Gasteiger partial charge in [-0.2, -0.15) is 13.2 Å². The largest absolute Gasteiger partial charge is 0.741 e. The van der Waals surface area contributed by atoms with Crippen LogP contribution in [0.2, 0.25) is 0 Å². The Balaban J connectivity index is 0.000000221. The Labute approximate surface area is 114 Å². The summed E-state index contributed by atoms with van der Waals surface area (Å²) in [7, 11) is -4.02. The van der Waals surface area contributed by atoms with Gasteiger partial charge in [-0.15, -0.1) is 0 Å². The summed E-state index contributed by atoms with van der Waals surface area (Å²) >= 11 is 0. The third-order valence-corrected chi connectivity index (χ3v) is 3.00. The summed E-state index contributed by atoms with van der Waals surface area (Å²) < 4.78 is 61.0. The van der Waals surface area contributed by atoms with E-state index >= 15 is 0 Å². The average Bonchev–Trinajstić information content (AvgIpc) is 2.28. The van der Waals surface area contributed by atoms with Crippen molar-refractivity contribution in [2.75, 3.05) is 0 Å². The molecule has 20 heavy (non-hydrogen) atoms. The van der Waals surface area contributed by atoms with Gasteiger partial charge < -0.3 is 4.55 Å². The van der Waals surface area contributed by atoms with E-state index in [2.05, 4.69) is 55.1 Å². The minimum absolute atomic E-state index is 1.29. The van der Waals surface area contributed by atoms with Crippen LogP contribution < -0.4 is 4.57 Å². The molecule has 0 aliphatic carbocycles. The van der Waals surface area contributed by atoms with Crippen molar-refractivity contribution in [3.8, 4) is 0 Å². The molecule has 0 spiro atoms. The summed E-state index contributed by atoms with van der Waals surface area (Å²) in [6.45, 7) is 2.12. The average molecular weight is 307 g/mol. The van der Waals surface area contributed by atoms with Crippen LogP contribution in [0.15, 0.2) is 36.5 Å². The van der Waals surface area contributed by atoms with Crippen molar-refractivity contribution in [2.24, 2.45) is 7.05 Å². The van der Waals surface area contributed by atoms with Crippen molar-refractivity contribution in [1.82, 2.24) is 0 Å². The molecule has 0 aliphatic heterocycles. The number of pyridine rings is 1. The third kappa shape index (κ3) is 4.17. The maximum Gasteiger partial charge on any atom is 0.485 e. The summed E-state index contributed by atoms with van der Waals surface area (Å²) in [6, 6.07) is 10.7. The van der Waals surface area contributed by atoms with Crippen LogP contribution in [0.4, 0.5) is 13.2 Å². The summed E-state index contributed by atoms with van der Waals surface area (Å²) in [6.07, 6.45) is 2.07. The molecular weight excluding hydrogens is 295 g/mol. The summed E-state index contributed by atoms with van der Waals surface area (Å²) in [5, 5.41) is 1.30. The Morgan fingerprint density at radius 3 is 2.25 bits per heavy atom. The zero-order valence-electron chi connectivity index (χ0n) is 10.7. The quantitative estimate of drug-likeness (QED) is 0.425. The second kappa shape index (κ2) is 5.76. The molecule has 0 aliphatic rings. The van der Waals surface area contributed by atoms with E-state index in [0.29, 0.717) is 0 Å². The molecule has 1 heterocycles. The van der Waals surface area contributed by atoms with Gasteiger partial charge in [0.15, 0.2) is 16.3 Å². The fraction of sp³-hybridized carbons (Fsp3) is 0.250. The minimum atomic E-state index is -6.09. The predicted molar refractivity (Wildman–Crippen MR) is 65.6 cm³/mol. The number of hydrogen-bond acceptors (Lipinski definition) is 3. The molecule has 110 valence electrons. The first-order valence-corrected chi connectivity index (χ1v) is 6.80. The molecule has 0 amide bonds. The van der Waals surface area contributed by atoms with Gasteiger partial charge in [0.05, 0.1) is 0 Å². The lowest BCUT2D eigenvalue weighted by molar-refractivity contribution is -0.644. The molecule has 0 atom stereocenters. The van der Waals surface area contributed by atoms with Crippen LogP contribution >= 0.6 is 0 Å². The van der Waals surface area contributed by atoms with E-state index < -0.39 is 15.6 Å². The van der Waals surface area contributed by atoms with E-state index in [4.69, 9.17) is 13.0 Å². The zero-order valence-corrected chi connectivity index (χ0v) is 11.5. The van der Waals surface area contributed by atoms with Gasteiger partial charge in [0.25, 0.3) is 0 Å². The lowest BCUT2D eigenvalue weighted by Crippen LogP contribution is -2.27. The second-order valence-electron chi connectivity index (χ2n) is 4.08. The SMILES string of the molecule is Cc1ccc2ccc[n+](C)c2c1.O=S(=O)([O-])C(F)(F)F. The molecule has 0 saturated heterocycles. The van der Waals surface area contributed by atoms with Crippen molar-refractivity contribution < 1.29 is 30.7 Å². The van der Waals surface area contributed by atoms with Gasteiger partial charge in [-0.1, -0.05) is 6.07 Å². The van der Waals surface area contributed by atoms with Crippen LogP contribution in [0.25, 0.3) is 10.9 Å². The van der Waals surface area contributed by atoms with E-state index in [-0.39, 0.29) is 0 Å². The van der Waals surface area contributed by atoms with Gasteiger partial charge in [-0.25, -0.2) is 13.0 Å². The van der Waals surface area contributed by atoms with E-state index in [1.165, 1.54) is 16.5 Å². The van der Waals surface area contributed by atoms with E-state index in [1.807, 2.05) is 0 Å². The van der Waals surface area contributed by atoms with Crippen molar-refractivity contribution in [1.29, 1.82) is 0 Å². The Bertz CT molecular complexity index is 711. The molecule has 0 radical (unpaired) electrons. The van der Waals surface area contributed by atoms with Gasteiger partial charge in [-0.3, -0.25) is 0 Å². The van der Waals surface area contributed by atoms with Gasteiger partial charge in [0.1, 0.15) is 7.05 Å². The first-order valence-electron chi connectivity index (χ1n) is 5.39. The molecule has 0 N–H and O–H groups in total. The molecular formula is C12H12F3NO3S. The van der Waals surface area contributed by atoms with Crippen molar-refractivity contribution in [2.45, 2.75) is 12.4 Å². The Hall–Kier alpha value is -1.67. The molecule has 1 aromatic heterocycles. The summed E-state index contributed by atoms with van der Waals surface area (Å²) in [5.74, 6) is 0. The maximum absolute atomic E-state index is 10.7. The monoisotopic (exact) mass is 307 g/mol. The molecule has 0 saturated carbocycles. The summed E-state index contributed by atoms with van der Waals surface area (Å²) in [4.78, 5) is 0. The Morgan fingerprint density at radius 2 is 1.75 bits per heavy atom. The van der Waals surface area contributed by atoms with E-state index in [1.54, 1.807) is 0 Å². The number of benzene rings is 1. The minimum Gasteiger partial charge on any atom is -0.741 e. The zero-order chi connectivity index (χ0) is 15.6. The van der Waals surface area contributed by atoms with Crippen LogP contribution in [0.1, 0.15) is 5.56 Å². The van der Waals surface area contributed by atoms with E-state index in [0.717, 1.165) is 0 Å². The van der Waals surface area contributed by atoms with Crippen molar-refractivity contribution in [3.05, 3.63) is 42.1 Å². The van der Waals surface area contributed by atoms with Crippen LogP contribution in [0, 0.1) is 6.92 Å². The highest BCUT2D eigenvalue weighted by molar-refractivity contribution is 7.86. The van der Waals surface area contributed by atoms with Gasteiger partial charge >= 0.3 is 5.51 Å². The van der Waals surface area contributed by atoms with Crippen molar-refractivity contribution in [3.63, 3.8) is 0 Å². The number of aryl methyl sites for hydroxylation is 2. The standard InChI is InChI=1S/C11H12N.CHF3O3S/c1-9-5-6-10-4-3-7-12(2)11(10)8-9;2-1(3,4)8(5,6)7/h3-8H,1-2H3;(H,5,6,7)/q+1;/p-1. The normalized spacial score (nSPS) is 11.9. The lowest BCUT2D eigenvalue weighted by atomic mass is 10.1. The van der Waals surface area contributed by atoms with Gasteiger partial charge in [0.2, 0.25) is 5.52 Å². The molecule has 8 heteroatoms. The maximum atomic E-state index is 10.7. The third-order valence-electron chi connectivity index (χ3n) is 2.43. The highest BCUT2D eigenvalue weighted by atomic mass is 32.2. The topological polar surface area (TPSA) is 61.1 Å². The Morgan fingerprint density at radius 1 is 1.20 bits per heavy atom. The number of nitrogens with zero attached hydrogens (tertiary/aromatic N) is 1. The number of halogens is 3. The first kappa shape index (κ1) is 16.4. The number of hydrogen-bond donors (Lipinski definition) is 0. The highest BCUT2D eigenvalue weighted by Crippen LogP contribution is 2.20. The molecule has 4 nitrogen and oxygen atoms in total. The van der Waals surface area contributed by atoms with Crippen LogP contribution in [-0.2, 0) is 17.2 Å².